The van der Waals surface area contributed by atoms with Gasteiger partial charge in [0.2, 0.25) is 0 Å². The van der Waals surface area contributed by atoms with Crippen LogP contribution in [0.3, 0.4) is 0 Å². The lowest BCUT2D eigenvalue weighted by Crippen LogP contribution is -2.51. The van der Waals surface area contributed by atoms with Gasteiger partial charge in [-0.25, -0.2) is 14.4 Å². The highest BCUT2D eigenvalue weighted by atomic mass is 16.6. The predicted molar refractivity (Wildman–Crippen MR) is 134 cm³/mol. The third-order valence-electron chi connectivity index (χ3n) is 5.69. The molecule has 0 heterocycles. The Labute approximate surface area is 209 Å². The maximum Gasteiger partial charge on any atom is 0.420 e. The van der Waals surface area contributed by atoms with Gasteiger partial charge in [0.25, 0.3) is 0 Å². The molecule has 192 valence electrons. The summed E-state index contributed by atoms with van der Waals surface area (Å²) < 4.78 is 10.9. The summed E-state index contributed by atoms with van der Waals surface area (Å²) in [4.78, 5) is 38.8. The maximum atomic E-state index is 13.2. The largest absolute Gasteiger partial charge is 0.480 e. The number of rotatable bonds is 8. The number of guanidine groups is 1. The van der Waals surface area contributed by atoms with E-state index in [0.717, 1.165) is 22.3 Å². The quantitative estimate of drug-likeness (QED) is 0.244. The average molecular weight is 497 g/mol. The molecule has 0 bridgehead atoms. The van der Waals surface area contributed by atoms with Crippen molar-refractivity contribution in [1.29, 1.82) is 5.41 Å². The maximum absolute atomic E-state index is 13.2. The Morgan fingerprint density at radius 3 is 2.11 bits per heavy atom. The number of nitrogens with two attached hydrogens (primary N) is 1. The van der Waals surface area contributed by atoms with Crippen LogP contribution in [-0.2, 0) is 14.3 Å². The number of carbonyl (C=O) groups excluding carboxylic acids is 2. The Hall–Kier alpha value is -4.08. The molecule has 1 atom stereocenters. The fraction of sp³-hybridized carbons (Fsp3) is 0.385. The van der Waals surface area contributed by atoms with Crippen molar-refractivity contribution in [2.24, 2.45) is 5.73 Å². The molecule has 0 spiro atoms. The fourth-order valence-corrected chi connectivity index (χ4v) is 4.19. The normalized spacial score (nSPS) is 13.2. The Morgan fingerprint density at radius 1 is 1.06 bits per heavy atom. The number of carboxylic acid groups (broad SMARTS) is 1. The van der Waals surface area contributed by atoms with Gasteiger partial charge in [0.05, 0.1) is 0 Å². The van der Waals surface area contributed by atoms with Crippen LogP contribution in [0.5, 0.6) is 0 Å². The molecule has 2 aromatic carbocycles. The van der Waals surface area contributed by atoms with Gasteiger partial charge in [-0.05, 0) is 55.9 Å². The van der Waals surface area contributed by atoms with E-state index in [-0.39, 0.29) is 37.9 Å². The molecule has 0 saturated carbocycles. The van der Waals surface area contributed by atoms with Crippen LogP contribution in [0.25, 0.3) is 11.1 Å². The summed E-state index contributed by atoms with van der Waals surface area (Å²) in [5.41, 5.74) is 8.35. The van der Waals surface area contributed by atoms with Gasteiger partial charge >= 0.3 is 18.2 Å². The van der Waals surface area contributed by atoms with Gasteiger partial charge in [-0.3, -0.25) is 5.41 Å². The van der Waals surface area contributed by atoms with Gasteiger partial charge in [0.1, 0.15) is 18.2 Å². The topological polar surface area (TPSA) is 155 Å². The number of hydrogen-bond donors (Lipinski definition) is 4. The molecule has 10 heteroatoms. The second-order valence-electron chi connectivity index (χ2n) is 9.49. The molecule has 0 aromatic heterocycles. The molecular weight excluding hydrogens is 464 g/mol. The second-order valence-corrected chi connectivity index (χ2v) is 9.49. The summed E-state index contributed by atoms with van der Waals surface area (Å²) in [6.07, 6.45) is -2.06. The van der Waals surface area contributed by atoms with Crippen molar-refractivity contribution in [3.8, 4) is 11.1 Å². The summed E-state index contributed by atoms with van der Waals surface area (Å²) >= 11 is 0. The molecule has 1 aliphatic rings. The highest BCUT2D eigenvalue weighted by Crippen LogP contribution is 2.44. The van der Waals surface area contributed by atoms with Crippen LogP contribution in [-0.4, -0.2) is 58.9 Å². The van der Waals surface area contributed by atoms with E-state index in [2.05, 4.69) is 5.32 Å². The Kier molecular flexibility index (Phi) is 8.18. The van der Waals surface area contributed by atoms with E-state index in [1.807, 2.05) is 48.5 Å². The highest BCUT2D eigenvalue weighted by Gasteiger charge is 2.39. The van der Waals surface area contributed by atoms with Crippen molar-refractivity contribution in [3.05, 3.63) is 59.7 Å². The first-order valence-electron chi connectivity index (χ1n) is 11.7. The van der Waals surface area contributed by atoms with Gasteiger partial charge < -0.3 is 25.6 Å². The highest BCUT2D eigenvalue weighted by molar-refractivity contribution is 5.93. The third kappa shape index (κ3) is 6.32. The van der Waals surface area contributed by atoms with Crippen molar-refractivity contribution in [2.45, 2.75) is 51.2 Å². The number of fused-ring (bicyclic) bond motifs is 3. The number of imide groups is 1. The number of amides is 2. The minimum atomic E-state index is -1.52. The molecule has 0 aliphatic heterocycles. The van der Waals surface area contributed by atoms with E-state index in [0.29, 0.717) is 4.90 Å². The number of hydrogen-bond acceptors (Lipinski definition) is 6. The first-order chi connectivity index (χ1) is 17.0. The van der Waals surface area contributed by atoms with E-state index < -0.39 is 29.8 Å². The monoisotopic (exact) mass is 496 g/mol. The Bertz CT molecular complexity index is 1100. The zero-order chi connectivity index (χ0) is 26.5. The van der Waals surface area contributed by atoms with E-state index in [9.17, 15) is 19.5 Å². The number of nitrogens with one attached hydrogen (secondary N) is 2. The second kappa shape index (κ2) is 11.1. The van der Waals surface area contributed by atoms with Gasteiger partial charge in [0, 0.05) is 12.5 Å². The molecule has 5 N–H and O–H groups in total. The molecular formula is C26H32N4O6. The minimum Gasteiger partial charge on any atom is -0.480 e. The first-order valence-corrected chi connectivity index (χ1v) is 11.7. The fourth-order valence-electron chi connectivity index (χ4n) is 4.19. The number of carboxylic acids is 1. The zero-order valence-electron chi connectivity index (χ0n) is 20.6. The number of aliphatic carboxylic acids is 1. The summed E-state index contributed by atoms with van der Waals surface area (Å²) in [5.74, 6) is -1.90. The van der Waals surface area contributed by atoms with Crippen molar-refractivity contribution < 1.29 is 29.0 Å². The van der Waals surface area contributed by atoms with E-state index >= 15 is 0 Å². The molecule has 36 heavy (non-hydrogen) atoms. The molecule has 0 fully saturated rings. The third-order valence-corrected chi connectivity index (χ3v) is 5.69. The lowest BCUT2D eigenvalue weighted by molar-refractivity contribution is -0.143. The van der Waals surface area contributed by atoms with E-state index in [1.54, 1.807) is 20.8 Å². The molecule has 2 aromatic rings. The Balaban J connectivity index is 1.81. The van der Waals surface area contributed by atoms with Gasteiger partial charge in [-0.1, -0.05) is 48.5 Å². The van der Waals surface area contributed by atoms with Crippen LogP contribution in [0.2, 0.25) is 0 Å². The van der Waals surface area contributed by atoms with Gasteiger partial charge in [0.15, 0.2) is 5.96 Å². The lowest BCUT2D eigenvalue weighted by atomic mass is 9.98. The predicted octanol–water partition coefficient (Wildman–Crippen LogP) is 3.89. The number of ether oxygens (including phenoxy) is 2. The van der Waals surface area contributed by atoms with Crippen molar-refractivity contribution in [3.63, 3.8) is 0 Å². The van der Waals surface area contributed by atoms with Crippen LogP contribution in [0, 0.1) is 5.41 Å². The minimum absolute atomic E-state index is 0.0790. The number of nitrogens with zero attached hydrogens (tertiary/aromatic N) is 1. The van der Waals surface area contributed by atoms with Crippen molar-refractivity contribution >= 4 is 24.1 Å². The lowest BCUT2D eigenvalue weighted by Gasteiger charge is -2.30. The molecule has 0 radical (unpaired) electrons. The van der Waals surface area contributed by atoms with Crippen LogP contribution in [0.15, 0.2) is 48.5 Å². The average Bonchev–Trinajstić information content (AvgIpc) is 3.11. The van der Waals surface area contributed by atoms with Crippen LogP contribution in [0.4, 0.5) is 9.59 Å². The van der Waals surface area contributed by atoms with E-state index in [1.165, 1.54) is 0 Å². The summed E-state index contributed by atoms with van der Waals surface area (Å²) in [6.45, 7) is 4.98. The zero-order valence-corrected chi connectivity index (χ0v) is 20.6. The molecule has 0 unspecified atom stereocenters. The van der Waals surface area contributed by atoms with Gasteiger partial charge in [-0.2, -0.15) is 4.90 Å². The molecule has 0 saturated heterocycles. The SMILES string of the molecule is CC(C)(C)OC(=O)N(C(=O)OCC1c2ccccc2-c2ccccc21)[C@@H](CCCNC(=N)N)C(=O)O. The number of carbonyl (C=O) groups is 3. The van der Waals surface area contributed by atoms with Crippen molar-refractivity contribution in [2.75, 3.05) is 13.2 Å². The van der Waals surface area contributed by atoms with Crippen molar-refractivity contribution in [1.82, 2.24) is 10.2 Å². The van der Waals surface area contributed by atoms with Crippen LogP contribution in [0.1, 0.15) is 50.7 Å². The molecule has 2 amide bonds. The molecule has 3 rings (SSSR count). The molecule has 1 aliphatic carbocycles. The van der Waals surface area contributed by atoms with Gasteiger partial charge in [-0.15, -0.1) is 0 Å². The standard InChI is InChI=1S/C26H32N4O6/c1-26(2,3)36-25(34)30(21(22(31)32)13-8-14-29-23(27)28)24(33)35-15-20-18-11-6-4-9-16(18)17-10-5-7-12-19(17)20/h4-7,9-12,20-21H,8,13-15H2,1-3H3,(H,31,32)(H4,27,28,29)/t21-/m0/s1. The van der Waals surface area contributed by atoms with Crippen LogP contribution >= 0.6 is 0 Å². The first kappa shape index (κ1) is 26.5. The summed E-state index contributed by atoms with van der Waals surface area (Å²) in [7, 11) is 0. The summed E-state index contributed by atoms with van der Waals surface area (Å²) in [5, 5.41) is 19.6. The summed E-state index contributed by atoms with van der Waals surface area (Å²) in [6, 6.07) is 14.1. The number of benzene rings is 2. The van der Waals surface area contributed by atoms with Crippen LogP contribution < -0.4 is 11.1 Å². The van der Waals surface area contributed by atoms with E-state index in [4.69, 9.17) is 20.6 Å². The molecule has 10 nitrogen and oxygen atoms in total. The Morgan fingerprint density at radius 2 is 1.61 bits per heavy atom. The smallest absolute Gasteiger partial charge is 0.420 e.